The van der Waals surface area contributed by atoms with Gasteiger partial charge in [0.2, 0.25) is 5.91 Å². The number of nitrogens with zero attached hydrogens (tertiary/aromatic N) is 3. The van der Waals surface area contributed by atoms with E-state index in [2.05, 4.69) is 15.2 Å². The Hall–Kier alpha value is -2.33. The summed E-state index contributed by atoms with van der Waals surface area (Å²) >= 11 is 7.56. The SMILES string of the molecule is COC(=O)C1=C(C)N=C2SC=C(CC(=O)NCCCN3CCOCC3)N2[C@@H]1c1ccc(Cl)cc1. The summed E-state index contributed by atoms with van der Waals surface area (Å²) in [5.74, 6) is -0.500. The van der Waals surface area contributed by atoms with Crippen molar-refractivity contribution in [1.82, 2.24) is 15.1 Å². The van der Waals surface area contributed by atoms with Crippen molar-refractivity contribution >= 4 is 40.4 Å². The number of rotatable bonds is 8. The predicted molar refractivity (Wildman–Crippen MR) is 133 cm³/mol. The Morgan fingerprint density at radius 3 is 2.71 bits per heavy atom. The van der Waals surface area contributed by atoms with Crippen LogP contribution in [0.1, 0.15) is 31.4 Å². The zero-order valence-corrected chi connectivity index (χ0v) is 21.0. The van der Waals surface area contributed by atoms with E-state index in [1.54, 1.807) is 19.1 Å². The lowest BCUT2D eigenvalue weighted by molar-refractivity contribution is -0.136. The Morgan fingerprint density at radius 1 is 1.26 bits per heavy atom. The Kier molecular flexibility index (Phi) is 8.31. The number of amidine groups is 1. The highest BCUT2D eigenvalue weighted by Gasteiger charge is 2.40. The van der Waals surface area contributed by atoms with Gasteiger partial charge in [-0.2, -0.15) is 0 Å². The van der Waals surface area contributed by atoms with Gasteiger partial charge in [-0.15, -0.1) is 0 Å². The largest absolute Gasteiger partial charge is 0.466 e. The fourth-order valence-electron chi connectivity index (χ4n) is 4.28. The van der Waals surface area contributed by atoms with E-state index in [0.29, 0.717) is 22.8 Å². The summed E-state index contributed by atoms with van der Waals surface area (Å²) in [7, 11) is 1.36. The maximum atomic E-state index is 12.8. The Labute approximate surface area is 209 Å². The van der Waals surface area contributed by atoms with Gasteiger partial charge in [-0.1, -0.05) is 35.5 Å². The molecule has 1 atom stereocenters. The second-order valence-electron chi connectivity index (χ2n) is 8.27. The number of carbonyl (C=O) groups is 2. The minimum absolute atomic E-state index is 0.0594. The van der Waals surface area contributed by atoms with Crippen molar-refractivity contribution in [2.45, 2.75) is 25.8 Å². The Morgan fingerprint density at radius 2 is 2.00 bits per heavy atom. The Bertz CT molecular complexity index is 1020. The normalized spacial score (nSPS) is 20.6. The fraction of sp³-hybridized carbons (Fsp3) is 0.458. The first-order valence-corrected chi connectivity index (χ1v) is 12.6. The van der Waals surface area contributed by atoms with Crippen molar-refractivity contribution in [2.75, 3.05) is 46.5 Å². The van der Waals surface area contributed by atoms with Gasteiger partial charge in [0, 0.05) is 30.4 Å². The van der Waals surface area contributed by atoms with Gasteiger partial charge in [0.1, 0.15) is 0 Å². The molecule has 8 nitrogen and oxygen atoms in total. The molecule has 1 fully saturated rings. The second-order valence-corrected chi connectivity index (χ2v) is 9.54. The summed E-state index contributed by atoms with van der Waals surface area (Å²) in [5.41, 5.74) is 2.72. The van der Waals surface area contributed by atoms with Crippen molar-refractivity contribution in [3.63, 3.8) is 0 Å². The van der Waals surface area contributed by atoms with Gasteiger partial charge >= 0.3 is 5.97 Å². The minimum Gasteiger partial charge on any atom is -0.466 e. The highest BCUT2D eigenvalue weighted by atomic mass is 35.5. The number of methoxy groups -OCH3 is 1. The van der Waals surface area contributed by atoms with Crippen molar-refractivity contribution in [3.05, 3.63) is 57.2 Å². The number of benzene rings is 1. The standard InChI is InChI=1S/C24H29ClN4O4S/c1-16-21(23(31)32-2)22(17-4-6-18(25)7-5-17)29-19(15-34-24(29)27-16)14-20(30)26-8-3-9-28-10-12-33-13-11-28/h4-7,15,22H,3,8-14H2,1-2H3,(H,26,30)/t22-/m1/s1. The number of allylic oxidation sites excluding steroid dienone is 1. The third-order valence-electron chi connectivity index (χ3n) is 6.01. The molecule has 0 radical (unpaired) electrons. The smallest absolute Gasteiger partial charge is 0.338 e. The topological polar surface area (TPSA) is 83.5 Å². The zero-order chi connectivity index (χ0) is 24.1. The van der Waals surface area contributed by atoms with Gasteiger partial charge in [0.15, 0.2) is 5.17 Å². The molecule has 1 saturated heterocycles. The van der Waals surface area contributed by atoms with Crippen LogP contribution in [0.5, 0.6) is 0 Å². The summed E-state index contributed by atoms with van der Waals surface area (Å²) in [6.45, 7) is 6.79. The number of thioether (sulfide) groups is 1. The number of amides is 1. The molecule has 3 aliphatic heterocycles. The number of ether oxygens (including phenoxy) is 2. The van der Waals surface area contributed by atoms with Crippen molar-refractivity contribution in [3.8, 4) is 0 Å². The average molecular weight is 505 g/mol. The molecule has 1 aromatic carbocycles. The van der Waals surface area contributed by atoms with Crippen LogP contribution in [0.2, 0.25) is 5.02 Å². The summed E-state index contributed by atoms with van der Waals surface area (Å²) in [4.78, 5) is 34.4. The van der Waals surface area contributed by atoms with Crippen LogP contribution in [0.15, 0.2) is 51.6 Å². The van der Waals surface area contributed by atoms with E-state index in [1.165, 1.54) is 18.9 Å². The highest BCUT2D eigenvalue weighted by molar-refractivity contribution is 8.16. The summed E-state index contributed by atoms with van der Waals surface area (Å²) in [5, 5.41) is 6.30. The van der Waals surface area contributed by atoms with Crippen molar-refractivity contribution in [2.24, 2.45) is 4.99 Å². The molecule has 0 spiro atoms. The third-order valence-corrected chi connectivity index (χ3v) is 7.15. The quantitative estimate of drug-likeness (QED) is 0.429. The van der Waals surface area contributed by atoms with Gasteiger partial charge < -0.3 is 19.7 Å². The number of nitrogens with one attached hydrogen (secondary N) is 1. The van der Waals surface area contributed by atoms with E-state index in [1.807, 2.05) is 22.4 Å². The molecule has 3 heterocycles. The first kappa shape index (κ1) is 24.8. The molecule has 0 unspecified atom stereocenters. The van der Waals surface area contributed by atoms with Crippen LogP contribution in [0.25, 0.3) is 0 Å². The van der Waals surface area contributed by atoms with Crippen molar-refractivity contribution < 1.29 is 19.1 Å². The molecule has 0 aromatic heterocycles. The first-order chi connectivity index (χ1) is 16.5. The Balaban J connectivity index is 1.45. The van der Waals surface area contributed by atoms with Crippen LogP contribution in [0.4, 0.5) is 0 Å². The molecule has 0 saturated carbocycles. The lowest BCUT2D eigenvalue weighted by atomic mass is 9.94. The van der Waals surface area contributed by atoms with Gasteiger partial charge in [0.05, 0.1) is 44.1 Å². The number of aliphatic imine (C=N–C) groups is 1. The van der Waals surface area contributed by atoms with Crippen LogP contribution in [0.3, 0.4) is 0 Å². The molecule has 1 N–H and O–H groups in total. The zero-order valence-electron chi connectivity index (χ0n) is 19.4. The first-order valence-electron chi connectivity index (χ1n) is 11.3. The molecule has 34 heavy (non-hydrogen) atoms. The highest BCUT2D eigenvalue weighted by Crippen LogP contribution is 2.44. The average Bonchev–Trinajstić information content (AvgIpc) is 3.23. The molecule has 4 rings (SSSR count). The van der Waals surface area contributed by atoms with E-state index in [9.17, 15) is 9.59 Å². The number of hydrogen-bond acceptors (Lipinski definition) is 8. The van der Waals surface area contributed by atoms with E-state index in [4.69, 9.17) is 21.1 Å². The summed E-state index contributed by atoms with van der Waals surface area (Å²) < 4.78 is 10.5. The lowest BCUT2D eigenvalue weighted by Gasteiger charge is -2.36. The number of carbonyl (C=O) groups excluding carboxylic acids is 2. The second kappa shape index (κ2) is 11.4. The molecule has 3 aliphatic rings. The van der Waals surface area contributed by atoms with Gasteiger partial charge in [-0.05, 0) is 43.0 Å². The predicted octanol–water partition coefficient (Wildman–Crippen LogP) is 3.32. The number of hydrogen-bond donors (Lipinski definition) is 1. The van der Waals surface area contributed by atoms with Crippen LogP contribution >= 0.6 is 23.4 Å². The number of halogens is 1. The summed E-state index contributed by atoms with van der Waals surface area (Å²) in [6.07, 6.45) is 1.08. The number of morpholine rings is 1. The van der Waals surface area contributed by atoms with Crippen LogP contribution < -0.4 is 5.32 Å². The van der Waals surface area contributed by atoms with E-state index in [-0.39, 0.29) is 12.3 Å². The molecule has 0 bridgehead atoms. The van der Waals surface area contributed by atoms with Gasteiger partial charge in [-0.25, -0.2) is 9.79 Å². The molecular formula is C24H29ClN4O4S. The molecule has 10 heteroatoms. The monoisotopic (exact) mass is 504 g/mol. The number of esters is 1. The van der Waals surface area contributed by atoms with E-state index >= 15 is 0 Å². The maximum absolute atomic E-state index is 12.8. The van der Waals surface area contributed by atoms with Crippen molar-refractivity contribution in [1.29, 1.82) is 0 Å². The maximum Gasteiger partial charge on any atom is 0.338 e. The molecular weight excluding hydrogens is 476 g/mol. The number of fused-ring (bicyclic) bond motifs is 1. The molecule has 1 aromatic rings. The van der Waals surface area contributed by atoms with Crippen LogP contribution in [-0.2, 0) is 19.1 Å². The van der Waals surface area contributed by atoms with Crippen LogP contribution in [0, 0.1) is 0 Å². The molecule has 182 valence electrons. The van der Waals surface area contributed by atoms with E-state index < -0.39 is 12.0 Å². The minimum atomic E-state index is -0.451. The van der Waals surface area contributed by atoms with Gasteiger partial charge in [-0.3, -0.25) is 9.69 Å². The summed E-state index contributed by atoms with van der Waals surface area (Å²) in [6, 6.07) is 6.91. The fourth-order valence-corrected chi connectivity index (χ4v) is 5.37. The van der Waals surface area contributed by atoms with Gasteiger partial charge in [0.25, 0.3) is 0 Å². The van der Waals surface area contributed by atoms with Crippen LogP contribution in [-0.4, -0.2) is 73.3 Å². The van der Waals surface area contributed by atoms with E-state index in [0.717, 1.165) is 55.7 Å². The molecule has 1 amide bonds. The third kappa shape index (κ3) is 5.66. The lowest BCUT2D eigenvalue weighted by Crippen LogP contribution is -2.39. The molecule has 0 aliphatic carbocycles.